The Morgan fingerprint density at radius 1 is 0.762 bits per heavy atom. The van der Waals surface area contributed by atoms with Gasteiger partial charge in [-0.2, -0.15) is 21.0 Å². The van der Waals surface area contributed by atoms with Crippen LogP contribution in [0.3, 0.4) is 0 Å². The molecular weight excluding hydrogens is 1100 g/mol. The highest BCUT2D eigenvalue weighted by molar-refractivity contribution is 6.33. The molecule has 0 saturated heterocycles. The van der Waals surface area contributed by atoms with Crippen LogP contribution in [0.25, 0.3) is 14.5 Å². The first kappa shape index (κ1) is 76.3. The lowest BCUT2D eigenvalue weighted by Gasteiger charge is -2.35. The zero-order valence-electron chi connectivity index (χ0n) is 52.4. The van der Waals surface area contributed by atoms with E-state index in [1.807, 2.05) is 31.2 Å². The van der Waals surface area contributed by atoms with E-state index in [-0.39, 0.29) is 57.2 Å². The second-order valence-corrected chi connectivity index (χ2v) is 25.9. The van der Waals surface area contributed by atoms with Gasteiger partial charge in [0.05, 0.1) is 48.4 Å². The third-order valence-corrected chi connectivity index (χ3v) is 15.8. The minimum absolute atomic E-state index is 0.0139. The molecule has 2 unspecified atom stereocenters. The number of ketones is 2. The third kappa shape index (κ3) is 23.2. The summed E-state index contributed by atoms with van der Waals surface area (Å²) in [7, 11) is 0. The van der Waals surface area contributed by atoms with Crippen molar-refractivity contribution in [2.45, 2.75) is 193 Å². The van der Waals surface area contributed by atoms with Crippen molar-refractivity contribution in [1.82, 2.24) is 0 Å². The molecule has 2 N–H and O–H groups in total. The maximum atomic E-state index is 10.9. The number of hydrogen-bond acceptors (Lipinski definition) is 13. The zero-order valence-corrected chi connectivity index (χ0v) is 53.9. The normalized spacial score (nSPS) is 20.7. The average Bonchev–Trinajstić information content (AvgIpc) is 3.24. The third-order valence-electron chi connectivity index (χ3n) is 14.8. The number of hydrogen-bond donors (Lipinski definition) is 2. The predicted molar refractivity (Wildman–Crippen MR) is 326 cm³/mol. The second-order valence-electron chi connectivity index (χ2n) is 25.1. The van der Waals surface area contributed by atoms with Crippen molar-refractivity contribution in [2.75, 3.05) is 13.2 Å². The maximum Gasteiger partial charge on any atom is 0.298 e. The molecule has 1 fully saturated rings. The summed E-state index contributed by atoms with van der Waals surface area (Å²) in [4.78, 5) is 41.1. The van der Waals surface area contributed by atoms with Crippen LogP contribution in [0.1, 0.15) is 176 Å². The zero-order chi connectivity index (χ0) is 65.4. The molecular formula is C66H84Cl2N8O8. The van der Waals surface area contributed by atoms with Crippen LogP contribution in [-0.4, -0.2) is 58.0 Å². The number of allylic oxidation sites excluding steroid dienone is 10. The Morgan fingerprint density at radius 3 is 1.61 bits per heavy atom. The van der Waals surface area contributed by atoms with Crippen molar-refractivity contribution in [3.8, 4) is 30.3 Å². The first-order chi connectivity index (χ1) is 38.7. The Hall–Kier alpha value is -7.67. The molecule has 450 valence electrons. The molecule has 2 aliphatic heterocycles. The van der Waals surface area contributed by atoms with Gasteiger partial charge in [0.25, 0.3) is 12.2 Å². The van der Waals surface area contributed by atoms with E-state index in [9.17, 15) is 30.2 Å². The van der Waals surface area contributed by atoms with Gasteiger partial charge in [-0.3, -0.25) is 14.4 Å². The van der Waals surface area contributed by atoms with Gasteiger partial charge >= 0.3 is 0 Å². The van der Waals surface area contributed by atoms with Crippen LogP contribution in [-0.2, 0) is 28.6 Å². The topological polar surface area (TPSA) is 251 Å². The predicted octanol–water partition coefficient (Wildman–Crippen LogP) is 16.1. The van der Waals surface area contributed by atoms with Crippen LogP contribution < -0.4 is 0 Å². The summed E-state index contributed by atoms with van der Waals surface area (Å²) < 4.78 is 16.8. The number of Topliss-reactive ketones (excluding diaryl/α,β-unsaturated/α-hetero) is 2. The maximum absolute atomic E-state index is 10.9. The van der Waals surface area contributed by atoms with E-state index in [4.69, 9.17) is 77.9 Å². The lowest BCUT2D eigenvalue weighted by molar-refractivity contribution is -0.131. The number of rotatable bonds is 6. The smallest absolute Gasteiger partial charge is 0.298 e. The number of ether oxygens (including phenoxy) is 3. The summed E-state index contributed by atoms with van der Waals surface area (Å²) in [5.41, 5.74) is 2.66. The quantitative estimate of drug-likeness (QED) is 0.0826. The molecule has 5 aliphatic rings. The highest BCUT2D eigenvalue weighted by Gasteiger charge is 2.40. The van der Waals surface area contributed by atoms with Crippen molar-refractivity contribution < 1.29 is 38.8 Å². The molecule has 84 heavy (non-hydrogen) atoms. The summed E-state index contributed by atoms with van der Waals surface area (Å²) in [5, 5.41) is 63.4. The largest absolute Gasteiger partial charge is 0.515 e. The van der Waals surface area contributed by atoms with Crippen LogP contribution in [0.4, 0.5) is 0 Å². The fourth-order valence-corrected chi connectivity index (χ4v) is 9.11. The molecule has 0 amide bonds. The lowest BCUT2D eigenvalue weighted by atomic mass is 9.71. The number of aliphatic hydroxyl groups excluding tert-OH is 1. The van der Waals surface area contributed by atoms with Crippen molar-refractivity contribution in [2.24, 2.45) is 34.0 Å². The Balaban J connectivity index is 0.00000109. The van der Waals surface area contributed by atoms with Gasteiger partial charge < -0.3 is 29.3 Å². The SMILES string of the molecule is CC(=O)C(C)(C)O.CC(C)(C)C1CC(C=O)=C(Cl)/C(=C/O)C1.CC(C)(C)C1CCC(=O)CC1.CCO/C=C1\CC(C(C)(C)C)CC(/C=C/C2=C(C#N)C(=C(C#N)C#N)OC2(C)C)=C1Cl.[C-]#[N+]C1=C(C)C(C)(C)O/C1=C(\C#N)[N+]#[C-].[C-]#[N+]CC#N. The number of carbonyl (C=O) groups is 3. The van der Waals surface area contributed by atoms with Gasteiger partial charge in [0.1, 0.15) is 64.5 Å². The molecule has 5 rings (SSSR count). The van der Waals surface area contributed by atoms with Gasteiger partial charge in [0.2, 0.25) is 5.70 Å². The first-order valence-electron chi connectivity index (χ1n) is 27.4. The Morgan fingerprint density at radius 2 is 1.24 bits per heavy atom. The van der Waals surface area contributed by atoms with Crippen LogP contribution in [0, 0.1) is 110 Å². The van der Waals surface area contributed by atoms with E-state index in [1.165, 1.54) is 20.8 Å². The Labute approximate surface area is 510 Å². The van der Waals surface area contributed by atoms with Crippen LogP contribution in [0.15, 0.2) is 102 Å². The molecule has 0 aromatic heterocycles. The first-order valence-corrected chi connectivity index (χ1v) is 28.2. The summed E-state index contributed by atoms with van der Waals surface area (Å²) >= 11 is 12.7. The molecule has 3 aliphatic carbocycles. The monoisotopic (exact) mass is 1190 g/mol. The fraction of sp³-hybridized carbons (Fsp3) is 0.561. The summed E-state index contributed by atoms with van der Waals surface area (Å²) in [6.45, 7) is 55.5. The van der Waals surface area contributed by atoms with Crippen molar-refractivity contribution in [1.29, 1.82) is 26.3 Å². The summed E-state index contributed by atoms with van der Waals surface area (Å²) in [6.07, 6.45) is 14.2. The number of aldehydes is 1. The van der Waals surface area contributed by atoms with Crippen molar-refractivity contribution >= 4 is 41.1 Å². The number of nitriles is 5. The fourth-order valence-electron chi connectivity index (χ4n) is 8.60. The lowest BCUT2D eigenvalue weighted by Crippen LogP contribution is -2.27. The highest BCUT2D eigenvalue weighted by Crippen LogP contribution is 2.47. The van der Waals surface area contributed by atoms with Gasteiger partial charge in [-0.25, -0.2) is 21.5 Å². The molecule has 0 bridgehead atoms. The molecule has 18 heteroatoms. The molecule has 2 heterocycles. The van der Waals surface area contributed by atoms with Gasteiger partial charge in [-0.1, -0.05) is 97.7 Å². The van der Waals surface area contributed by atoms with E-state index in [0.29, 0.717) is 62.8 Å². The number of carbonyl (C=O) groups excluding carboxylic acids is 3. The van der Waals surface area contributed by atoms with E-state index in [1.54, 1.807) is 53.0 Å². The van der Waals surface area contributed by atoms with E-state index in [2.05, 4.69) is 82.9 Å². The van der Waals surface area contributed by atoms with Gasteiger partial charge in [-0.05, 0) is 146 Å². The van der Waals surface area contributed by atoms with Crippen molar-refractivity contribution in [3.05, 3.63) is 136 Å². The summed E-state index contributed by atoms with van der Waals surface area (Å²) in [5.74, 6) is 1.89. The van der Waals surface area contributed by atoms with E-state index >= 15 is 0 Å². The van der Waals surface area contributed by atoms with Gasteiger partial charge in [0.15, 0.2) is 17.1 Å². The molecule has 16 nitrogen and oxygen atoms in total. The Bertz CT molecular complexity index is 3040. The van der Waals surface area contributed by atoms with E-state index in [0.717, 1.165) is 80.1 Å². The highest BCUT2D eigenvalue weighted by atomic mass is 35.5. The molecule has 0 spiro atoms. The molecule has 0 aromatic rings. The average molecular weight is 1190 g/mol. The van der Waals surface area contributed by atoms with Crippen LogP contribution in [0.2, 0.25) is 0 Å². The van der Waals surface area contributed by atoms with Crippen molar-refractivity contribution in [3.63, 3.8) is 0 Å². The number of nitrogens with zero attached hydrogens (tertiary/aromatic N) is 8. The minimum atomic E-state index is -1.14. The summed E-state index contributed by atoms with van der Waals surface area (Å²) in [6, 6.07) is 9.12. The van der Waals surface area contributed by atoms with Crippen LogP contribution in [0.5, 0.6) is 0 Å². The standard InChI is InChI=1S/C25H28ClN3O2.C12H17ClO2.C11H9N3O.C10H18O.C5H10O2.C3H2N2/c1-7-30-15-17-11-19(24(2,3)4)10-16(22(17)26)8-9-21-20(14-29)23(18(12-27)13-28)31-25(21,5)6;1-12(2,3)10-4-8(6-14)11(13)9(5-10)7-15;1-7-9(14-5)10(8(6-12)13-4)15-11(7,2)3;1-10(2,3)8-4-6-9(11)7-5-8;1-4(6)5(2,3)7;1-5-3-2-4/h8-9,15,19H,7,10-11H2,1-6H3;6-7,10,14H,4-5H2,1-3H3;1-3H3;8H,4-7H2,1-3H3;7H,1-3H3;3H2/b9-8+,17-15+;8-6+;10-8+;;;. The molecule has 1 saturated carbocycles. The minimum Gasteiger partial charge on any atom is -0.515 e. The second kappa shape index (κ2) is 33.6. The van der Waals surface area contributed by atoms with Gasteiger partial charge in [-0.15, -0.1) is 0 Å². The van der Waals surface area contributed by atoms with E-state index < -0.39 is 16.8 Å². The molecule has 0 radical (unpaired) electrons. The molecule has 0 aromatic carbocycles. The number of aliphatic hydroxyl groups is 2. The van der Waals surface area contributed by atoms with Gasteiger partial charge in [0, 0.05) is 35.1 Å². The van der Waals surface area contributed by atoms with Crippen LogP contribution >= 0.6 is 23.2 Å². The number of halogens is 2. The molecule has 2 atom stereocenters. The Kier molecular flexibility index (Phi) is 30.5.